The maximum absolute atomic E-state index is 10.4. The van der Waals surface area contributed by atoms with E-state index in [-0.39, 0.29) is 6.54 Å². The van der Waals surface area contributed by atoms with E-state index in [4.69, 9.17) is 17.3 Å². The van der Waals surface area contributed by atoms with Crippen LogP contribution in [-0.4, -0.2) is 34.6 Å². The van der Waals surface area contributed by atoms with Crippen LogP contribution in [0.4, 0.5) is 0 Å². The molecule has 0 aliphatic rings. The Morgan fingerprint density at radius 1 is 1.43 bits per heavy atom. The van der Waals surface area contributed by atoms with E-state index < -0.39 is 5.97 Å². The van der Waals surface area contributed by atoms with Gasteiger partial charge in [-0.15, -0.1) is 0 Å². The molecule has 0 radical (unpaired) electrons. The van der Waals surface area contributed by atoms with Gasteiger partial charge in [-0.3, -0.25) is 4.79 Å². The largest absolute Gasteiger partial charge is 0.480 e. The van der Waals surface area contributed by atoms with E-state index in [2.05, 4.69) is 0 Å². The topological polar surface area (TPSA) is 40.5 Å². The molecular weight excluding hydrogens is 198 g/mol. The lowest BCUT2D eigenvalue weighted by Gasteiger charge is -2.17. The molecule has 1 aromatic rings. The molecule has 1 N–H and O–H groups in total. The maximum Gasteiger partial charge on any atom is 0.323 e. The Morgan fingerprint density at radius 2 is 2.00 bits per heavy atom. The summed E-state index contributed by atoms with van der Waals surface area (Å²) >= 11 is 5.12. The maximum atomic E-state index is 10.4. The monoisotopic (exact) mass is 209 g/mol. The molecule has 74 valence electrons. The molecule has 1 aromatic carbocycles. The third-order valence-electron chi connectivity index (χ3n) is 1.74. The highest BCUT2D eigenvalue weighted by Gasteiger charge is 2.09. The fourth-order valence-electron chi connectivity index (χ4n) is 1.08. The number of likely N-dealkylation sites (N-methyl/N-ethyl adjacent to an activating group) is 1. The molecule has 0 amide bonds. The lowest BCUT2D eigenvalue weighted by molar-refractivity contribution is -0.137. The second kappa shape index (κ2) is 4.72. The summed E-state index contributed by atoms with van der Waals surface area (Å²) in [7, 11) is 1.67. The predicted octanol–water partition coefficient (Wildman–Crippen LogP) is 1.38. The summed E-state index contributed by atoms with van der Waals surface area (Å²) in [6, 6.07) is 9.36. The SMILES string of the molecule is CN(CC(=O)O)C(=S)c1ccccc1. The van der Waals surface area contributed by atoms with Crippen molar-refractivity contribution in [1.29, 1.82) is 0 Å². The summed E-state index contributed by atoms with van der Waals surface area (Å²) in [5.41, 5.74) is 0.867. The second-order valence-electron chi connectivity index (χ2n) is 2.92. The summed E-state index contributed by atoms with van der Waals surface area (Å²) in [6.45, 7) is -0.0757. The Balaban J connectivity index is 2.71. The Kier molecular flexibility index (Phi) is 3.59. The number of hydrogen-bond acceptors (Lipinski definition) is 2. The highest BCUT2D eigenvalue weighted by molar-refractivity contribution is 7.80. The van der Waals surface area contributed by atoms with E-state index in [0.29, 0.717) is 4.99 Å². The van der Waals surface area contributed by atoms with Gasteiger partial charge in [-0.1, -0.05) is 42.5 Å². The number of aliphatic carboxylic acids is 1. The first-order valence-corrected chi connectivity index (χ1v) is 4.54. The van der Waals surface area contributed by atoms with E-state index in [1.165, 1.54) is 4.90 Å². The fraction of sp³-hybridized carbons (Fsp3) is 0.200. The summed E-state index contributed by atoms with van der Waals surface area (Å²) in [5.74, 6) is -0.884. The van der Waals surface area contributed by atoms with E-state index in [1.807, 2.05) is 30.3 Å². The number of thiocarbonyl (C=S) groups is 1. The quantitative estimate of drug-likeness (QED) is 0.763. The van der Waals surface area contributed by atoms with Crippen LogP contribution < -0.4 is 0 Å². The molecule has 0 unspecified atom stereocenters. The van der Waals surface area contributed by atoms with Crippen LogP contribution in [-0.2, 0) is 4.79 Å². The fourth-order valence-corrected chi connectivity index (χ4v) is 1.28. The van der Waals surface area contributed by atoms with Crippen LogP contribution in [0.5, 0.6) is 0 Å². The van der Waals surface area contributed by atoms with Gasteiger partial charge in [0.15, 0.2) is 0 Å². The molecule has 14 heavy (non-hydrogen) atoms. The normalized spacial score (nSPS) is 9.50. The van der Waals surface area contributed by atoms with Crippen molar-refractivity contribution in [3.05, 3.63) is 35.9 Å². The molecule has 0 bridgehead atoms. The van der Waals surface area contributed by atoms with Crippen molar-refractivity contribution in [1.82, 2.24) is 4.90 Å². The summed E-state index contributed by atoms with van der Waals surface area (Å²) in [6.07, 6.45) is 0. The molecule has 0 saturated carbocycles. The lowest BCUT2D eigenvalue weighted by Crippen LogP contribution is -2.31. The number of carboxylic acid groups (broad SMARTS) is 1. The number of carboxylic acids is 1. The van der Waals surface area contributed by atoms with Crippen LogP contribution in [0, 0.1) is 0 Å². The van der Waals surface area contributed by atoms with Gasteiger partial charge in [0, 0.05) is 12.6 Å². The van der Waals surface area contributed by atoms with E-state index in [1.54, 1.807) is 7.05 Å². The minimum atomic E-state index is -0.884. The van der Waals surface area contributed by atoms with Gasteiger partial charge in [-0.2, -0.15) is 0 Å². The zero-order valence-electron chi connectivity index (χ0n) is 7.80. The molecule has 0 aliphatic heterocycles. The molecule has 0 spiro atoms. The zero-order valence-corrected chi connectivity index (χ0v) is 8.62. The molecule has 0 heterocycles. The van der Waals surface area contributed by atoms with Gasteiger partial charge in [0.05, 0.1) is 0 Å². The van der Waals surface area contributed by atoms with E-state index in [9.17, 15) is 4.79 Å². The molecule has 0 aliphatic carbocycles. The number of hydrogen-bond donors (Lipinski definition) is 1. The van der Waals surface area contributed by atoms with Crippen LogP contribution in [0.25, 0.3) is 0 Å². The van der Waals surface area contributed by atoms with Gasteiger partial charge < -0.3 is 10.0 Å². The van der Waals surface area contributed by atoms with Crippen molar-refractivity contribution >= 4 is 23.2 Å². The van der Waals surface area contributed by atoms with Gasteiger partial charge in [-0.25, -0.2) is 0 Å². The number of carbonyl (C=O) groups is 1. The van der Waals surface area contributed by atoms with Crippen molar-refractivity contribution in [2.45, 2.75) is 0 Å². The zero-order chi connectivity index (χ0) is 10.6. The van der Waals surface area contributed by atoms with Crippen LogP contribution >= 0.6 is 12.2 Å². The molecule has 4 heteroatoms. The standard InChI is InChI=1S/C10H11NO2S/c1-11(7-9(12)13)10(14)8-5-3-2-4-6-8/h2-6H,7H2,1H3,(H,12,13). The Morgan fingerprint density at radius 3 is 2.50 bits per heavy atom. The van der Waals surface area contributed by atoms with Crippen molar-refractivity contribution in [3.8, 4) is 0 Å². The predicted molar refractivity (Wildman–Crippen MR) is 58.4 cm³/mol. The Hall–Kier alpha value is -1.42. The first-order valence-electron chi connectivity index (χ1n) is 4.13. The smallest absolute Gasteiger partial charge is 0.323 e. The van der Waals surface area contributed by atoms with Crippen LogP contribution in [0.3, 0.4) is 0 Å². The van der Waals surface area contributed by atoms with Gasteiger partial charge in [0.2, 0.25) is 0 Å². The van der Waals surface area contributed by atoms with E-state index in [0.717, 1.165) is 5.56 Å². The number of nitrogens with zero attached hydrogens (tertiary/aromatic N) is 1. The molecule has 1 rings (SSSR count). The first kappa shape index (κ1) is 10.7. The highest BCUT2D eigenvalue weighted by atomic mass is 32.1. The summed E-state index contributed by atoms with van der Waals surface area (Å²) in [4.78, 5) is 12.5. The number of rotatable bonds is 3. The molecule has 0 saturated heterocycles. The first-order chi connectivity index (χ1) is 6.61. The van der Waals surface area contributed by atoms with Crippen LogP contribution in [0.1, 0.15) is 5.56 Å². The Bertz CT molecular complexity index is 337. The van der Waals surface area contributed by atoms with Gasteiger partial charge in [0.1, 0.15) is 11.5 Å². The molecular formula is C10H11NO2S. The third kappa shape index (κ3) is 2.81. The van der Waals surface area contributed by atoms with Gasteiger partial charge in [-0.05, 0) is 0 Å². The van der Waals surface area contributed by atoms with Crippen LogP contribution in [0.2, 0.25) is 0 Å². The average Bonchev–Trinajstić information content (AvgIpc) is 2.17. The van der Waals surface area contributed by atoms with Crippen molar-refractivity contribution in [2.75, 3.05) is 13.6 Å². The second-order valence-corrected chi connectivity index (χ2v) is 3.31. The van der Waals surface area contributed by atoms with E-state index >= 15 is 0 Å². The van der Waals surface area contributed by atoms with Crippen LogP contribution in [0.15, 0.2) is 30.3 Å². The summed E-state index contributed by atoms with van der Waals surface area (Å²) < 4.78 is 0. The average molecular weight is 209 g/mol. The Labute approximate surface area is 88.0 Å². The van der Waals surface area contributed by atoms with Gasteiger partial charge in [0.25, 0.3) is 0 Å². The van der Waals surface area contributed by atoms with Crippen molar-refractivity contribution in [2.24, 2.45) is 0 Å². The van der Waals surface area contributed by atoms with Gasteiger partial charge >= 0.3 is 5.97 Å². The number of benzene rings is 1. The summed E-state index contributed by atoms with van der Waals surface area (Å²) in [5, 5.41) is 8.58. The minimum absolute atomic E-state index is 0.0757. The van der Waals surface area contributed by atoms with Crippen molar-refractivity contribution in [3.63, 3.8) is 0 Å². The lowest BCUT2D eigenvalue weighted by atomic mass is 10.2. The molecule has 0 aromatic heterocycles. The molecule has 3 nitrogen and oxygen atoms in total. The van der Waals surface area contributed by atoms with Crippen molar-refractivity contribution < 1.29 is 9.90 Å². The molecule has 0 atom stereocenters. The minimum Gasteiger partial charge on any atom is -0.480 e. The third-order valence-corrected chi connectivity index (χ3v) is 2.29. The highest BCUT2D eigenvalue weighted by Crippen LogP contribution is 2.04. The molecule has 0 fully saturated rings.